The van der Waals surface area contributed by atoms with Crippen molar-refractivity contribution in [2.24, 2.45) is 0 Å². The highest BCUT2D eigenvalue weighted by Crippen LogP contribution is 2.30. The molecule has 0 saturated carbocycles. The van der Waals surface area contributed by atoms with Crippen LogP contribution in [-0.4, -0.2) is 4.98 Å². The number of hydrogen-bond acceptors (Lipinski definition) is 1. The molecule has 5 heteroatoms. The van der Waals surface area contributed by atoms with Gasteiger partial charge in [0.05, 0.1) is 15.7 Å². The largest absolute Gasteiger partial charge is 0.256 e. The van der Waals surface area contributed by atoms with Crippen LogP contribution in [0.4, 0.5) is 8.78 Å². The van der Waals surface area contributed by atoms with Crippen molar-refractivity contribution >= 4 is 27.5 Å². The van der Waals surface area contributed by atoms with Crippen LogP contribution in [-0.2, 0) is 0 Å². The topological polar surface area (TPSA) is 12.9 Å². The van der Waals surface area contributed by atoms with Crippen molar-refractivity contribution < 1.29 is 8.78 Å². The summed E-state index contributed by atoms with van der Waals surface area (Å²) < 4.78 is 27.4. The Morgan fingerprint density at radius 2 is 1.94 bits per heavy atom. The first-order valence-electron chi connectivity index (χ1n) is 4.35. The first-order valence-corrected chi connectivity index (χ1v) is 5.52. The van der Waals surface area contributed by atoms with Gasteiger partial charge in [-0.15, -0.1) is 0 Å². The minimum absolute atomic E-state index is 0.170. The van der Waals surface area contributed by atoms with Gasteiger partial charge in [-0.05, 0) is 40.2 Å². The summed E-state index contributed by atoms with van der Waals surface area (Å²) in [5, 5.41) is 0.378. The molecule has 0 fully saturated rings. The maximum Gasteiger partial charge on any atom is 0.149 e. The number of benzene rings is 1. The highest BCUT2D eigenvalue weighted by Gasteiger charge is 2.15. The minimum atomic E-state index is -0.685. The third kappa shape index (κ3) is 2.08. The zero-order valence-corrected chi connectivity index (χ0v) is 10.2. The highest BCUT2D eigenvalue weighted by atomic mass is 79.9. The molecule has 0 N–H and O–H groups in total. The normalized spacial score (nSPS) is 10.5. The van der Waals surface area contributed by atoms with E-state index in [0.29, 0.717) is 5.02 Å². The van der Waals surface area contributed by atoms with E-state index in [9.17, 15) is 8.78 Å². The molecule has 0 unspecified atom stereocenters. The molecule has 0 amide bonds. The van der Waals surface area contributed by atoms with Gasteiger partial charge in [-0.3, -0.25) is 4.98 Å². The van der Waals surface area contributed by atoms with Crippen LogP contribution in [0.2, 0.25) is 5.02 Å². The Hall–Kier alpha value is -1.00. The first kappa shape index (κ1) is 11.5. The predicted molar refractivity (Wildman–Crippen MR) is 62.3 cm³/mol. The second kappa shape index (κ2) is 4.47. The molecule has 0 radical (unpaired) electrons. The van der Waals surface area contributed by atoms with E-state index >= 15 is 0 Å². The van der Waals surface area contributed by atoms with E-state index in [-0.39, 0.29) is 15.7 Å². The zero-order chi connectivity index (χ0) is 11.7. The van der Waals surface area contributed by atoms with E-state index in [2.05, 4.69) is 20.9 Å². The standard InChI is InChI=1S/C11H5BrClF2N/c12-7-1-2-8(14)10(11(7)15)9-5-6(13)3-4-16-9/h1-5H. The molecule has 0 aliphatic rings. The number of nitrogens with zero attached hydrogens (tertiary/aromatic N) is 1. The number of halogens is 4. The van der Waals surface area contributed by atoms with Crippen molar-refractivity contribution in [3.63, 3.8) is 0 Å². The van der Waals surface area contributed by atoms with Gasteiger partial charge in [-0.2, -0.15) is 0 Å². The lowest BCUT2D eigenvalue weighted by atomic mass is 10.1. The van der Waals surface area contributed by atoms with Gasteiger partial charge in [0.15, 0.2) is 0 Å². The lowest BCUT2D eigenvalue weighted by Crippen LogP contribution is -1.93. The van der Waals surface area contributed by atoms with Crippen molar-refractivity contribution in [2.75, 3.05) is 0 Å². The summed E-state index contributed by atoms with van der Waals surface area (Å²) in [7, 11) is 0. The van der Waals surface area contributed by atoms with Gasteiger partial charge in [0, 0.05) is 11.2 Å². The third-order valence-electron chi connectivity index (χ3n) is 2.02. The van der Waals surface area contributed by atoms with E-state index in [4.69, 9.17) is 11.6 Å². The molecule has 2 rings (SSSR count). The molecule has 0 aliphatic heterocycles. The Balaban J connectivity index is 2.68. The van der Waals surface area contributed by atoms with Gasteiger partial charge < -0.3 is 0 Å². The quantitative estimate of drug-likeness (QED) is 0.710. The summed E-state index contributed by atoms with van der Waals surface area (Å²) in [5.74, 6) is -1.36. The lowest BCUT2D eigenvalue weighted by Gasteiger charge is -2.05. The van der Waals surface area contributed by atoms with Crippen LogP contribution in [0.3, 0.4) is 0 Å². The fraction of sp³-hybridized carbons (Fsp3) is 0. The Bertz CT molecular complexity index is 546. The molecular formula is C11H5BrClF2N. The SMILES string of the molecule is Fc1ccc(Br)c(F)c1-c1cc(Cl)ccn1. The van der Waals surface area contributed by atoms with Gasteiger partial charge in [-0.25, -0.2) is 8.78 Å². The Kier molecular flexibility index (Phi) is 3.21. The molecule has 0 bridgehead atoms. The summed E-state index contributed by atoms with van der Waals surface area (Å²) in [6, 6.07) is 5.43. The van der Waals surface area contributed by atoms with E-state index < -0.39 is 11.6 Å². The van der Waals surface area contributed by atoms with Crippen LogP contribution >= 0.6 is 27.5 Å². The predicted octanol–water partition coefficient (Wildman–Crippen LogP) is 4.44. The van der Waals surface area contributed by atoms with Crippen LogP contribution in [0, 0.1) is 11.6 Å². The van der Waals surface area contributed by atoms with E-state index in [1.165, 1.54) is 24.4 Å². The molecule has 0 aliphatic carbocycles. The maximum absolute atomic E-state index is 13.7. The maximum atomic E-state index is 13.7. The van der Waals surface area contributed by atoms with Crippen LogP contribution in [0.1, 0.15) is 0 Å². The number of aromatic nitrogens is 1. The van der Waals surface area contributed by atoms with Gasteiger partial charge in [0.25, 0.3) is 0 Å². The van der Waals surface area contributed by atoms with Crippen molar-refractivity contribution in [3.05, 3.63) is 51.6 Å². The monoisotopic (exact) mass is 303 g/mol. The molecule has 1 heterocycles. The summed E-state index contributed by atoms with van der Waals surface area (Å²) >= 11 is 8.74. The van der Waals surface area contributed by atoms with E-state index in [0.717, 1.165) is 0 Å². The Labute approximate surface area is 104 Å². The van der Waals surface area contributed by atoms with Gasteiger partial charge in [0.1, 0.15) is 11.6 Å². The summed E-state index contributed by atoms with van der Waals surface area (Å²) in [4.78, 5) is 3.89. The van der Waals surface area contributed by atoms with Crippen molar-refractivity contribution in [1.82, 2.24) is 4.98 Å². The molecule has 82 valence electrons. The Morgan fingerprint density at radius 1 is 1.19 bits per heavy atom. The lowest BCUT2D eigenvalue weighted by molar-refractivity contribution is 0.584. The van der Waals surface area contributed by atoms with Gasteiger partial charge in [-0.1, -0.05) is 11.6 Å². The molecule has 0 spiro atoms. The van der Waals surface area contributed by atoms with Gasteiger partial charge >= 0.3 is 0 Å². The van der Waals surface area contributed by atoms with Crippen LogP contribution in [0.5, 0.6) is 0 Å². The summed E-state index contributed by atoms with van der Waals surface area (Å²) in [5.41, 5.74) is -0.0133. The number of hydrogen-bond donors (Lipinski definition) is 0. The van der Waals surface area contributed by atoms with Crippen molar-refractivity contribution in [1.29, 1.82) is 0 Å². The van der Waals surface area contributed by atoms with E-state index in [1.54, 1.807) is 6.07 Å². The van der Waals surface area contributed by atoms with Gasteiger partial charge in [0.2, 0.25) is 0 Å². The van der Waals surface area contributed by atoms with Crippen LogP contribution in [0.25, 0.3) is 11.3 Å². The molecular weight excluding hydrogens is 299 g/mol. The summed E-state index contributed by atoms with van der Waals surface area (Å²) in [6.07, 6.45) is 1.40. The zero-order valence-electron chi connectivity index (χ0n) is 7.85. The van der Waals surface area contributed by atoms with Crippen molar-refractivity contribution in [2.45, 2.75) is 0 Å². The molecule has 0 saturated heterocycles. The second-order valence-electron chi connectivity index (χ2n) is 3.08. The third-order valence-corrected chi connectivity index (χ3v) is 2.87. The molecule has 0 atom stereocenters. The average molecular weight is 305 g/mol. The van der Waals surface area contributed by atoms with E-state index in [1.807, 2.05) is 0 Å². The average Bonchev–Trinajstić information content (AvgIpc) is 2.24. The molecule has 2 aromatic rings. The van der Waals surface area contributed by atoms with Crippen LogP contribution in [0.15, 0.2) is 34.9 Å². The molecule has 16 heavy (non-hydrogen) atoms. The number of rotatable bonds is 1. The molecule has 1 aromatic carbocycles. The Morgan fingerprint density at radius 3 is 2.62 bits per heavy atom. The smallest absolute Gasteiger partial charge is 0.149 e. The molecule has 1 aromatic heterocycles. The van der Waals surface area contributed by atoms with Crippen LogP contribution < -0.4 is 0 Å². The van der Waals surface area contributed by atoms with Crippen molar-refractivity contribution in [3.8, 4) is 11.3 Å². The minimum Gasteiger partial charge on any atom is -0.256 e. The second-order valence-corrected chi connectivity index (χ2v) is 4.37. The fourth-order valence-corrected chi connectivity index (χ4v) is 1.79. The molecule has 1 nitrogen and oxygen atoms in total. The number of pyridine rings is 1. The first-order chi connectivity index (χ1) is 7.59. The highest BCUT2D eigenvalue weighted by molar-refractivity contribution is 9.10. The fourth-order valence-electron chi connectivity index (χ4n) is 1.30. The summed E-state index contributed by atoms with van der Waals surface area (Å²) in [6.45, 7) is 0.